The van der Waals surface area contributed by atoms with Crippen molar-refractivity contribution in [1.29, 1.82) is 0 Å². The highest BCUT2D eigenvalue weighted by Gasteiger charge is 2.36. The summed E-state index contributed by atoms with van der Waals surface area (Å²) in [5.74, 6) is -0.789. The van der Waals surface area contributed by atoms with Gasteiger partial charge in [0.25, 0.3) is 0 Å². The Kier molecular flexibility index (Phi) is 6.79. The van der Waals surface area contributed by atoms with Crippen LogP contribution >= 0.6 is 11.6 Å². The van der Waals surface area contributed by atoms with E-state index >= 15 is 0 Å². The number of rotatable bonds is 8. The largest absolute Gasteiger partial charge is 0.493 e. The van der Waals surface area contributed by atoms with Crippen LogP contribution in [0.25, 0.3) is 0 Å². The lowest BCUT2D eigenvalue weighted by molar-refractivity contribution is -0.139. The summed E-state index contributed by atoms with van der Waals surface area (Å²) in [7, 11) is 0. The number of halogens is 2. The number of amides is 1. The molecular weight excluding hydrogens is 449 g/mol. The molecule has 0 aliphatic carbocycles. The number of hydrogen-bond donors (Lipinski definition) is 1. The van der Waals surface area contributed by atoms with Crippen molar-refractivity contribution in [3.05, 3.63) is 94.3 Å². The SMILES string of the molecule is O=C(O)COc1ccc(Cl)cc1C1c2ccccc2CN1C(=O)CCOc1ccc(F)cc1. The summed E-state index contributed by atoms with van der Waals surface area (Å²) in [6, 6.07) is 17.7. The van der Waals surface area contributed by atoms with E-state index in [0.717, 1.165) is 11.1 Å². The third-order valence-corrected chi connectivity index (χ3v) is 5.57. The molecule has 1 aliphatic heterocycles. The van der Waals surface area contributed by atoms with E-state index in [0.29, 0.717) is 28.6 Å². The number of aliphatic carboxylic acids is 1. The van der Waals surface area contributed by atoms with Crippen LogP contribution in [0.5, 0.6) is 11.5 Å². The van der Waals surface area contributed by atoms with Crippen LogP contribution in [0.3, 0.4) is 0 Å². The Morgan fingerprint density at radius 3 is 2.55 bits per heavy atom. The molecule has 4 rings (SSSR count). The van der Waals surface area contributed by atoms with Gasteiger partial charge in [-0.15, -0.1) is 0 Å². The van der Waals surface area contributed by atoms with Crippen LogP contribution in [-0.4, -0.2) is 35.1 Å². The van der Waals surface area contributed by atoms with Crippen LogP contribution in [0.4, 0.5) is 4.39 Å². The normalized spacial score (nSPS) is 14.6. The van der Waals surface area contributed by atoms with Crippen molar-refractivity contribution in [2.45, 2.75) is 19.0 Å². The number of carbonyl (C=O) groups excluding carboxylic acids is 1. The van der Waals surface area contributed by atoms with Gasteiger partial charge in [0.05, 0.1) is 19.1 Å². The molecular formula is C25H21ClFNO5. The Labute approximate surface area is 195 Å². The fraction of sp³-hybridized carbons (Fsp3) is 0.200. The molecule has 6 nitrogen and oxygen atoms in total. The highest BCUT2D eigenvalue weighted by molar-refractivity contribution is 6.30. The number of carboxylic acids is 1. The minimum absolute atomic E-state index is 0.105. The van der Waals surface area contributed by atoms with Crippen molar-refractivity contribution < 1.29 is 28.6 Å². The summed E-state index contributed by atoms with van der Waals surface area (Å²) < 4.78 is 24.2. The Morgan fingerprint density at radius 2 is 1.79 bits per heavy atom. The van der Waals surface area contributed by atoms with Crippen LogP contribution in [0, 0.1) is 5.82 Å². The Bertz CT molecular complexity index is 1170. The lowest BCUT2D eigenvalue weighted by Gasteiger charge is -2.27. The second-order valence-corrected chi connectivity index (χ2v) is 7.98. The van der Waals surface area contributed by atoms with E-state index in [1.807, 2.05) is 24.3 Å². The fourth-order valence-corrected chi connectivity index (χ4v) is 4.07. The molecule has 0 bridgehead atoms. The van der Waals surface area contributed by atoms with E-state index in [1.54, 1.807) is 23.1 Å². The maximum Gasteiger partial charge on any atom is 0.341 e. The van der Waals surface area contributed by atoms with E-state index in [1.165, 1.54) is 24.3 Å². The standard InChI is InChI=1S/C25H21ClFNO5/c26-17-5-10-22(33-15-24(30)31)21(13-17)25-20-4-2-1-3-16(20)14-28(25)23(29)11-12-32-19-8-6-18(27)7-9-19/h1-10,13,25H,11-12,14-15H2,(H,30,31). The van der Waals surface area contributed by atoms with Gasteiger partial charge in [-0.25, -0.2) is 9.18 Å². The van der Waals surface area contributed by atoms with Crippen molar-refractivity contribution in [1.82, 2.24) is 4.90 Å². The average Bonchev–Trinajstić information content (AvgIpc) is 3.19. The predicted molar refractivity (Wildman–Crippen MR) is 120 cm³/mol. The molecule has 1 amide bonds. The van der Waals surface area contributed by atoms with Crippen molar-refractivity contribution in [3.8, 4) is 11.5 Å². The van der Waals surface area contributed by atoms with Crippen LogP contribution < -0.4 is 9.47 Å². The van der Waals surface area contributed by atoms with E-state index in [4.69, 9.17) is 26.2 Å². The molecule has 0 fully saturated rings. The van der Waals surface area contributed by atoms with Crippen LogP contribution in [0.1, 0.15) is 29.2 Å². The molecule has 1 heterocycles. The van der Waals surface area contributed by atoms with Gasteiger partial charge in [-0.05, 0) is 53.6 Å². The first-order chi connectivity index (χ1) is 15.9. The molecule has 0 saturated carbocycles. The lowest BCUT2D eigenvalue weighted by atomic mass is 9.97. The highest BCUT2D eigenvalue weighted by Crippen LogP contribution is 2.43. The van der Waals surface area contributed by atoms with Crippen molar-refractivity contribution >= 4 is 23.5 Å². The molecule has 0 radical (unpaired) electrons. The van der Waals surface area contributed by atoms with Gasteiger partial charge in [-0.3, -0.25) is 4.79 Å². The smallest absolute Gasteiger partial charge is 0.341 e. The van der Waals surface area contributed by atoms with Crippen LogP contribution in [0.2, 0.25) is 5.02 Å². The second kappa shape index (κ2) is 9.92. The molecule has 1 atom stereocenters. The molecule has 3 aromatic rings. The number of benzene rings is 3. The summed E-state index contributed by atoms with van der Waals surface area (Å²) >= 11 is 6.25. The van der Waals surface area contributed by atoms with Crippen LogP contribution in [0.15, 0.2) is 66.7 Å². The maximum atomic E-state index is 13.2. The van der Waals surface area contributed by atoms with Gasteiger partial charge in [-0.2, -0.15) is 0 Å². The highest BCUT2D eigenvalue weighted by atomic mass is 35.5. The van der Waals surface area contributed by atoms with Gasteiger partial charge in [0.15, 0.2) is 6.61 Å². The first-order valence-corrected chi connectivity index (χ1v) is 10.7. The monoisotopic (exact) mass is 469 g/mol. The van der Waals surface area contributed by atoms with Crippen molar-refractivity contribution in [2.24, 2.45) is 0 Å². The summed E-state index contributed by atoms with van der Waals surface area (Å²) in [4.78, 5) is 26.0. The van der Waals surface area contributed by atoms with E-state index < -0.39 is 18.6 Å². The Balaban J connectivity index is 1.58. The third kappa shape index (κ3) is 5.26. The molecule has 1 N–H and O–H groups in total. The molecule has 0 spiro atoms. The van der Waals surface area contributed by atoms with Gasteiger partial charge in [0, 0.05) is 17.1 Å². The second-order valence-electron chi connectivity index (χ2n) is 7.54. The zero-order chi connectivity index (χ0) is 23.4. The fourth-order valence-electron chi connectivity index (χ4n) is 3.89. The summed E-state index contributed by atoms with van der Waals surface area (Å²) in [5, 5.41) is 9.49. The summed E-state index contributed by atoms with van der Waals surface area (Å²) in [5.41, 5.74) is 2.52. The zero-order valence-corrected chi connectivity index (χ0v) is 18.3. The van der Waals surface area contributed by atoms with Gasteiger partial charge in [0.2, 0.25) is 5.91 Å². The van der Waals surface area contributed by atoms with Gasteiger partial charge < -0.3 is 19.5 Å². The number of fused-ring (bicyclic) bond motifs is 1. The molecule has 0 aromatic heterocycles. The number of carbonyl (C=O) groups is 2. The molecule has 33 heavy (non-hydrogen) atoms. The summed E-state index contributed by atoms with van der Waals surface area (Å²) in [6.07, 6.45) is 0.105. The minimum Gasteiger partial charge on any atom is -0.493 e. The quantitative estimate of drug-likeness (QED) is 0.510. The van der Waals surface area contributed by atoms with Crippen molar-refractivity contribution in [2.75, 3.05) is 13.2 Å². The topological polar surface area (TPSA) is 76.1 Å². The van der Waals surface area contributed by atoms with E-state index in [9.17, 15) is 14.0 Å². The molecule has 170 valence electrons. The summed E-state index contributed by atoms with van der Waals surface area (Å²) in [6.45, 7) is 0.00547. The molecule has 0 saturated heterocycles. The molecule has 1 unspecified atom stereocenters. The predicted octanol–water partition coefficient (Wildman–Crippen LogP) is 4.84. The maximum absolute atomic E-state index is 13.2. The van der Waals surface area contributed by atoms with Gasteiger partial charge in [-0.1, -0.05) is 35.9 Å². The van der Waals surface area contributed by atoms with E-state index in [-0.39, 0.29) is 24.8 Å². The Morgan fingerprint density at radius 1 is 1.03 bits per heavy atom. The molecule has 1 aliphatic rings. The lowest BCUT2D eigenvalue weighted by Crippen LogP contribution is -2.31. The number of hydrogen-bond acceptors (Lipinski definition) is 4. The molecule has 3 aromatic carbocycles. The van der Waals surface area contributed by atoms with E-state index in [2.05, 4.69) is 0 Å². The number of nitrogens with zero attached hydrogens (tertiary/aromatic N) is 1. The number of carboxylic acid groups (broad SMARTS) is 1. The number of ether oxygens (including phenoxy) is 2. The molecule has 8 heteroatoms. The zero-order valence-electron chi connectivity index (χ0n) is 17.5. The third-order valence-electron chi connectivity index (χ3n) is 5.34. The first-order valence-electron chi connectivity index (χ1n) is 10.3. The Hall–Kier alpha value is -3.58. The van der Waals surface area contributed by atoms with Crippen LogP contribution in [-0.2, 0) is 16.1 Å². The first kappa shape index (κ1) is 22.6. The van der Waals surface area contributed by atoms with Gasteiger partial charge >= 0.3 is 5.97 Å². The van der Waals surface area contributed by atoms with Gasteiger partial charge in [0.1, 0.15) is 17.3 Å². The average molecular weight is 470 g/mol. The minimum atomic E-state index is -1.10. The van der Waals surface area contributed by atoms with Crippen molar-refractivity contribution in [3.63, 3.8) is 0 Å².